The summed E-state index contributed by atoms with van der Waals surface area (Å²) >= 11 is 3.14. The van der Waals surface area contributed by atoms with Crippen LogP contribution in [0.15, 0.2) is 41.1 Å². The minimum atomic E-state index is -0.228. The summed E-state index contributed by atoms with van der Waals surface area (Å²) in [6.45, 7) is 3.52. The van der Waals surface area contributed by atoms with Crippen molar-refractivity contribution in [1.29, 1.82) is 0 Å². The van der Waals surface area contributed by atoms with Gasteiger partial charge in [-0.05, 0) is 46.6 Å². The van der Waals surface area contributed by atoms with E-state index in [4.69, 9.17) is 0 Å². The summed E-state index contributed by atoms with van der Waals surface area (Å²) in [6, 6.07) is 7.34. The molecule has 1 heterocycles. The third kappa shape index (κ3) is 3.65. The van der Waals surface area contributed by atoms with Crippen molar-refractivity contribution in [1.82, 2.24) is 15.1 Å². The van der Waals surface area contributed by atoms with Crippen LogP contribution < -0.4 is 5.32 Å². The van der Waals surface area contributed by atoms with E-state index in [1.807, 2.05) is 23.0 Å². The summed E-state index contributed by atoms with van der Waals surface area (Å²) < 4.78 is 15.7. The summed E-state index contributed by atoms with van der Waals surface area (Å²) in [5, 5.41) is 7.49. The standard InChI is InChI=1S/C13H15BrFN3/c1-10(9-18-6-2-5-17-18)16-8-11-3-4-12(14)13(15)7-11/h2-7,10,16H,8-9H2,1H3. The zero-order valence-corrected chi connectivity index (χ0v) is 11.7. The fourth-order valence-corrected chi connectivity index (χ4v) is 1.94. The fraction of sp³-hybridized carbons (Fsp3) is 0.308. The van der Waals surface area contributed by atoms with E-state index >= 15 is 0 Å². The molecule has 0 amide bonds. The van der Waals surface area contributed by atoms with Crippen LogP contribution >= 0.6 is 15.9 Å². The Balaban J connectivity index is 1.85. The highest BCUT2D eigenvalue weighted by atomic mass is 79.9. The maximum atomic E-state index is 13.3. The molecule has 1 aromatic heterocycles. The minimum absolute atomic E-state index is 0.228. The normalized spacial score (nSPS) is 12.6. The number of rotatable bonds is 5. The molecule has 0 fully saturated rings. The highest BCUT2D eigenvalue weighted by Gasteiger charge is 2.04. The fourth-order valence-electron chi connectivity index (χ4n) is 1.70. The van der Waals surface area contributed by atoms with E-state index in [1.165, 1.54) is 6.07 Å². The molecule has 0 spiro atoms. The Morgan fingerprint density at radius 3 is 3.00 bits per heavy atom. The van der Waals surface area contributed by atoms with E-state index in [1.54, 1.807) is 12.3 Å². The van der Waals surface area contributed by atoms with Crippen molar-refractivity contribution < 1.29 is 4.39 Å². The number of hydrogen-bond acceptors (Lipinski definition) is 2. The second-order valence-corrected chi connectivity index (χ2v) is 5.11. The number of nitrogens with one attached hydrogen (secondary N) is 1. The van der Waals surface area contributed by atoms with E-state index in [9.17, 15) is 4.39 Å². The Labute approximate surface area is 114 Å². The number of aromatic nitrogens is 2. The Morgan fingerprint density at radius 2 is 2.33 bits per heavy atom. The predicted octanol–water partition coefficient (Wildman–Crippen LogP) is 2.96. The second kappa shape index (κ2) is 6.11. The smallest absolute Gasteiger partial charge is 0.137 e. The zero-order valence-electron chi connectivity index (χ0n) is 10.1. The van der Waals surface area contributed by atoms with E-state index in [2.05, 4.69) is 33.3 Å². The topological polar surface area (TPSA) is 29.9 Å². The molecule has 0 bridgehead atoms. The van der Waals surface area contributed by atoms with Crippen molar-refractivity contribution in [2.45, 2.75) is 26.1 Å². The first-order valence-electron chi connectivity index (χ1n) is 5.80. The Kier molecular flexibility index (Phi) is 4.49. The maximum Gasteiger partial charge on any atom is 0.137 e. The van der Waals surface area contributed by atoms with Crippen molar-refractivity contribution in [3.63, 3.8) is 0 Å². The van der Waals surface area contributed by atoms with Crippen LogP contribution in [0.25, 0.3) is 0 Å². The molecule has 96 valence electrons. The first-order valence-corrected chi connectivity index (χ1v) is 6.59. The SMILES string of the molecule is CC(Cn1cccn1)NCc1ccc(Br)c(F)c1. The Morgan fingerprint density at radius 1 is 1.50 bits per heavy atom. The summed E-state index contributed by atoms with van der Waals surface area (Å²) in [5.41, 5.74) is 0.933. The van der Waals surface area contributed by atoms with Gasteiger partial charge in [0.15, 0.2) is 0 Å². The monoisotopic (exact) mass is 311 g/mol. The molecule has 0 aliphatic rings. The van der Waals surface area contributed by atoms with Crippen LogP contribution in [0, 0.1) is 5.82 Å². The van der Waals surface area contributed by atoms with Crippen LogP contribution in [0.5, 0.6) is 0 Å². The van der Waals surface area contributed by atoms with Crippen molar-refractivity contribution in [2.75, 3.05) is 0 Å². The van der Waals surface area contributed by atoms with E-state index < -0.39 is 0 Å². The lowest BCUT2D eigenvalue weighted by molar-refractivity contribution is 0.450. The van der Waals surface area contributed by atoms with Crippen LogP contribution in [0.2, 0.25) is 0 Å². The summed E-state index contributed by atoms with van der Waals surface area (Å²) in [4.78, 5) is 0. The van der Waals surface area contributed by atoms with E-state index in [0.29, 0.717) is 11.0 Å². The third-order valence-corrected chi connectivity index (χ3v) is 3.30. The van der Waals surface area contributed by atoms with Gasteiger partial charge in [-0.15, -0.1) is 0 Å². The molecule has 0 saturated heterocycles. The van der Waals surface area contributed by atoms with Crippen molar-refractivity contribution >= 4 is 15.9 Å². The zero-order chi connectivity index (χ0) is 13.0. The average Bonchev–Trinajstić information content (AvgIpc) is 2.83. The minimum Gasteiger partial charge on any atom is -0.308 e. The molecular formula is C13H15BrFN3. The van der Waals surface area contributed by atoms with Gasteiger partial charge in [-0.3, -0.25) is 4.68 Å². The van der Waals surface area contributed by atoms with Gasteiger partial charge in [0.2, 0.25) is 0 Å². The summed E-state index contributed by atoms with van der Waals surface area (Å²) in [6.07, 6.45) is 3.69. The average molecular weight is 312 g/mol. The van der Waals surface area contributed by atoms with Crippen LogP contribution in [0.4, 0.5) is 4.39 Å². The Hall–Kier alpha value is -1.20. The van der Waals surface area contributed by atoms with Gasteiger partial charge >= 0.3 is 0 Å². The number of halogens is 2. The Bertz CT molecular complexity index is 499. The van der Waals surface area contributed by atoms with E-state index in [0.717, 1.165) is 12.1 Å². The lowest BCUT2D eigenvalue weighted by atomic mass is 10.2. The van der Waals surface area contributed by atoms with Gasteiger partial charge in [-0.1, -0.05) is 6.07 Å². The highest BCUT2D eigenvalue weighted by molar-refractivity contribution is 9.10. The predicted molar refractivity (Wildman–Crippen MR) is 72.6 cm³/mol. The number of hydrogen-bond donors (Lipinski definition) is 1. The maximum absolute atomic E-state index is 13.3. The molecule has 0 aliphatic carbocycles. The molecule has 0 saturated carbocycles. The molecular weight excluding hydrogens is 297 g/mol. The lowest BCUT2D eigenvalue weighted by Crippen LogP contribution is -2.30. The van der Waals surface area contributed by atoms with Crippen LogP contribution in [0.3, 0.4) is 0 Å². The van der Waals surface area contributed by atoms with Gasteiger partial charge in [-0.2, -0.15) is 5.10 Å². The van der Waals surface area contributed by atoms with E-state index in [-0.39, 0.29) is 11.9 Å². The first kappa shape index (κ1) is 13.2. The van der Waals surface area contributed by atoms with Crippen LogP contribution in [-0.4, -0.2) is 15.8 Å². The molecule has 2 rings (SSSR count). The summed E-state index contributed by atoms with van der Waals surface area (Å²) in [5.74, 6) is -0.228. The van der Waals surface area contributed by atoms with Crippen LogP contribution in [-0.2, 0) is 13.1 Å². The molecule has 2 aromatic rings. The first-order chi connectivity index (χ1) is 8.65. The molecule has 1 unspecified atom stereocenters. The molecule has 0 radical (unpaired) electrons. The summed E-state index contributed by atoms with van der Waals surface area (Å²) in [7, 11) is 0. The van der Waals surface area contributed by atoms with Gasteiger partial charge in [0.05, 0.1) is 11.0 Å². The molecule has 1 N–H and O–H groups in total. The lowest BCUT2D eigenvalue weighted by Gasteiger charge is -2.14. The van der Waals surface area contributed by atoms with Gasteiger partial charge in [0, 0.05) is 25.0 Å². The van der Waals surface area contributed by atoms with Gasteiger partial charge in [0.1, 0.15) is 5.82 Å². The third-order valence-electron chi connectivity index (χ3n) is 2.66. The molecule has 3 nitrogen and oxygen atoms in total. The molecule has 5 heteroatoms. The van der Waals surface area contributed by atoms with Gasteiger partial charge < -0.3 is 5.32 Å². The quantitative estimate of drug-likeness (QED) is 0.920. The van der Waals surface area contributed by atoms with Crippen molar-refractivity contribution in [3.8, 4) is 0 Å². The number of nitrogens with zero attached hydrogens (tertiary/aromatic N) is 2. The number of benzene rings is 1. The van der Waals surface area contributed by atoms with Gasteiger partial charge in [0.25, 0.3) is 0 Å². The largest absolute Gasteiger partial charge is 0.308 e. The van der Waals surface area contributed by atoms with Crippen molar-refractivity contribution in [2.24, 2.45) is 0 Å². The van der Waals surface area contributed by atoms with Gasteiger partial charge in [-0.25, -0.2) is 4.39 Å². The molecule has 1 atom stereocenters. The molecule has 0 aliphatic heterocycles. The van der Waals surface area contributed by atoms with Crippen molar-refractivity contribution in [3.05, 3.63) is 52.5 Å². The second-order valence-electron chi connectivity index (χ2n) is 4.26. The van der Waals surface area contributed by atoms with Crippen LogP contribution in [0.1, 0.15) is 12.5 Å². The highest BCUT2D eigenvalue weighted by Crippen LogP contribution is 2.16. The molecule has 18 heavy (non-hydrogen) atoms. The molecule has 1 aromatic carbocycles.